The third-order valence-corrected chi connectivity index (χ3v) is 25.8. The Morgan fingerprint density at radius 1 is 0.415 bits per heavy atom. The average molecular weight is 2070 g/mol. The number of hydrogen-bond donors (Lipinski definition) is 3. The van der Waals surface area contributed by atoms with Crippen molar-refractivity contribution >= 4 is 249 Å². The van der Waals surface area contributed by atoms with Gasteiger partial charge in [0.15, 0.2) is 34.9 Å². The zero-order valence-electron chi connectivity index (χ0n) is 71.4. The number of hydrazone groups is 1. The number of halogens is 7. The molecule has 3 amide bonds. The molecule has 9 heterocycles. The smallest absolute Gasteiger partial charge is 0.260 e. The number of imidazole rings is 5. The highest BCUT2D eigenvalue weighted by Crippen LogP contribution is 2.35. The number of hydrogen-bond acceptors (Lipinski definition) is 18. The molecule has 33 heteroatoms. The molecule has 1 aliphatic heterocycles. The first-order chi connectivity index (χ1) is 65.7. The number of allylic oxidation sites excluding steroid dienone is 1. The second kappa shape index (κ2) is 43.6. The van der Waals surface area contributed by atoms with E-state index < -0.39 is 0 Å². The molecular weight excluding hydrogens is 1990 g/mol. The van der Waals surface area contributed by atoms with Crippen molar-refractivity contribution in [3.05, 3.63) is 368 Å². The predicted octanol–water partition coefficient (Wildman–Crippen LogP) is 25.3. The molecule has 8 aromatic heterocycles. The van der Waals surface area contributed by atoms with Gasteiger partial charge in [0.05, 0.1) is 91.0 Å². The lowest BCUT2D eigenvalue weighted by Crippen LogP contribution is -2.24. The topological polar surface area (TPSA) is 274 Å². The molecule has 0 fully saturated rings. The second-order valence-corrected chi connectivity index (χ2v) is 36.7. The number of amides is 3. The standard InChI is InChI=1S/C22H15ClN4OS.C22H18ClN3O.C20H16ClN5O.C19H13Br2N3OS.C19H13Cl2N3OS/c23-16-9-10-17(15-6-2-1-5-14(15)16)25-21(28)11-27-20-8-4-3-7-18(20)26-22(27)19-12-29-13-24-19;1-15-6-8-16(9-7-15)22-25-19-4-2-3-5-20(19)26(22)14-21(27)24-18-12-10-17(23)11-13-18;21-15-9-7-14(8-10-15)12-23-25-19(27)13-26-18-6-2-1-4-16(18)24-20(26)17-5-3-11-22-17;2*20-13-6-5-12(15(21)8-13)7-14(25)9-24-18-4-2-1-3-16(18)23-19(24)17-10-26-11-22-17/h1-10,12-13H,11H2,(H,25,28);2-13H,14H2,1H3,(H,24,27);1-2,4-12H,3,13H2,(H,25,27);2*1-6,8,10-11H,7,9H2. The number of aromatic nitrogens is 13. The zero-order chi connectivity index (χ0) is 93.4. The van der Waals surface area contributed by atoms with Gasteiger partial charge in [0.2, 0.25) is 11.8 Å². The minimum absolute atomic E-state index is 0.0360. The molecule has 3 N–H and O–H groups in total. The van der Waals surface area contributed by atoms with Crippen molar-refractivity contribution in [2.45, 2.75) is 58.9 Å². The predicted molar refractivity (Wildman–Crippen MR) is 554 cm³/mol. The van der Waals surface area contributed by atoms with Gasteiger partial charge in [-0.25, -0.2) is 45.3 Å². The maximum atomic E-state index is 13.0. The van der Waals surface area contributed by atoms with Gasteiger partial charge in [-0.15, -0.1) is 34.0 Å². The minimum Gasteiger partial charge on any atom is -0.325 e. The molecule has 0 aliphatic carbocycles. The molecule has 0 unspecified atom stereocenters. The van der Waals surface area contributed by atoms with Crippen molar-refractivity contribution in [1.82, 2.24) is 68.1 Å². The lowest BCUT2D eigenvalue weighted by Gasteiger charge is -2.12. The molecule has 0 spiro atoms. The van der Waals surface area contributed by atoms with Crippen molar-refractivity contribution in [1.29, 1.82) is 0 Å². The highest BCUT2D eigenvalue weighted by molar-refractivity contribution is 9.11. The number of anilines is 2. The Kier molecular flexibility index (Phi) is 30.1. The van der Waals surface area contributed by atoms with E-state index in [1.54, 1.807) is 83.4 Å². The van der Waals surface area contributed by atoms with E-state index in [0.29, 0.717) is 54.7 Å². The van der Waals surface area contributed by atoms with Crippen LogP contribution in [0.4, 0.5) is 11.4 Å². The maximum Gasteiger partial charge on any atom is 0.260 e. The summed E-state index contributed by atoms with van der Waals surface area (Å²) >= 11 is 41.7. The summed E-state index contributed by atoms with van der Waals surface area (Å²) in [5, 5.41) is 20.6. The van der Waals surface area contributed by atoms with E-state index >= 15 is 0 Å². The van der Waals surface area contributed by atoms with E-state index in [1.807, 2.05) is 264 Å². The fraction of sp³-hybridized carbons (Fsp3) is 0.0882. The Balaban J connectivity index is 0.000000117. The van der Waals surface area contributed by atoms with Gasteiger partial charge in [0.25, 0.3) is 5.91 Å². The van der Waals surface area contributed by atoms with Crippen molar-refractivity contribution in [2.75, 3.05) is 10.6 Å². The van der Waals surface area contributed by atoms with Crippen LogP contribution in [-0.4, -0.2) is 104 Å². The number of carbonyl (C=O) groups is 5. The molecule has 0 saturated carbocycles. The third kappa shape index (κ3) is 22.9. The van der Waals surface area contributed by atoms with Crippen molar-refractivity contribution in [3.8, 4) is 45.9 Å². The van der Waals surface area contributed by atoms with Gasteiger partial charge in [0.1, 0.15) is 48.2 Å². The number of thiazole rings is 3. The number of nitrogens with zero attached hydrogens (tertiary/aromatic N) is 15. The number of benzene rings is 12. The van der Waals surface area contributed by atoms with Crippen LogP contribution in [-0.2, 0) is 69.5 Å². The largest absolute Gasteiger partial charge is 0.325 e. The average Bonchev–Trinajstić information content (AvgIpc) is 1.67. The Bertz CT molecular complexity index is 7660. The number of aryl methyl sites for hydroxylation is 1. The fourth-order valence-corrected chi connectivity index (χ4v) is 18.8. The fourth-order valence-electron chi connectivity index (χ4n) is 15.1. The van der Waals surface area contributed by atoms with Gasteiger partial charge >= 0.3 is 0 Å². The van der Waals surface area contributed by atoms with E-state index in [4.69, 9.17) is 63.0 Å². The molecule has 0 bridgehead atoms. The van der Waals surface area contributed by atoms with Gasteiger partial charge in [-0.3, -0.25) is 29.0 Å². The van der Waals surface area contributed by atoms with E-state index in [9.17, 15) is 24.0 Å². The molecule has 0 radical (unpaired) electrons. The summed E-state index contributed by atoms with van der Waals surface area (Å²) < 4.78 is 11.5. The van der Waals surface area contributed by atoms with Crippen LogP contribution < -0.4 is 16.1 Å². The van der Waals surface area contributed by atoms with E-state index in [1.165, 1.54) is 39.6 Å². The molecule has 20 aromatic rings. The minimum atomic E-state index is -0.243. The van der Waals surface area contributed by atoms with Crippen LogP contribution in [0.2, 0.25) is 25.1 Å². The molecule has 23 nitrogen and oxygen atoms in total. The maximum absolute atomic E-state index is 13.0. The molecule has 0 atom stereocenters. The lowest BCUT2D eigenvalue weighted by molar-refractivity contribution is -0.122. The Hall–Kier alpha value is -13.6. The van der Waals surface area contributed by atoms with Crippen LogP contribution in [0.15, 0.2) is 325 Å². The number of rotatable bonds is 23. The van der Waals surface area contributed by atoms with Gasteiger partial charge in [-0.05, 0) is 163 Å². The van der Waals surface area contributed by atoms with Crippen molar-refractivity contribution < 1.29 is 24.0 Å². The number of Topliss-reactive ketones (excluding diaryl/α,β-unsaturated/α-hetero) is 2. The Morgan fingerprint density at radius 3 is 1.33 bits per heavy atom. The van der Waals surface area contributed by atoms with E-state index in [0.717, 1.165) is 144 Å². The number of nitrogens with one attached hydrogen (secondary N) is 3. The van der Waals surface area contributed by atoms with E-state index in [-0.39, 0.29) is 68.4 Å². The summed E-state index contributed by atoms with van der Waals surface area (Å²) in [5.41, 5.74) is 25.9. The molecule has 1 aliphatic rings. The molecular formula is C102H75Br2Cl5N18O5S3. The van der Waals surface area contributed by atoms with Crippen molar-refractivity contribution in [3.63, 3.8) is 0 Å². The summed E-state index contributed by atoms with van der Waals surface area (Å²) in [6.07, 6.45) is 6.76. The number of aliphatic imine (C=N–C) groups is 1. The third-order valence-electron chi connectivity index (χ3n) is 21.4. The first-order valence-electron chi connectivity index (χ1n) is 42.0. The molecule has 12 aromatic carbocycles. The molecule has 0 saturated heterocycles. The molecule has 21 rings (SSSR count). The lowest BCUT2D eigenvalue weighted by atomic mass is 10.1. The summed E-state index contributed by atoms with van der Waals surface area (Å²) in [5.74, 6) is 3.23. The number of ketones is 2. The van der Waals surface area contributed by atoms with Crippen LogP contribution in [0, 0.1) is 6.92 Å². The first kappa shape index (κ1) is 93.2. The molecule has 135 heavy (non-hydrogen) atoms. The Morgan fingerprint density at radius 2 is 0.844 bits per heavy atom. The summed E-state index contributed by atoms with van der Waals surface area (Å²) in [7, 11) is 0. The first-order valence-corrected chi connectivity index (χ1v) is 48.3. The summed E-state index contributed by atoms with van der Waals surface area (Å²) in [6.45, 7) is 2.91. The molecule has 670 valence electrons. The summed E-state index contributed by atoms with van der Waals surface area (Å²) in [4.78, 5) is 104. The number of fused-ring (bicyclic) bond motifs is 6. The van der Waals surface area contributed by atoms with Gasteiger partial charge in [0, 0.05) is 103 Å². The van der Waals surface area contributed by atoms with Crippen LogP contribution in [0.1, 0.15) is 34.5 Å². The van der Waals surface area contributed by atoms with E-state index in [2.05, 4.69) is 92.9 Å². The quantitative estimate of drug-likeness (QED) is 0.0397. The van der Waals surface area contributed by atoms with Gasteiger partial charge < -0.3 is 33.5 Å². The van der Waals surface area contributed by atoms with Crippen LogP contribution in [0.3, 0.4) is 0 Å². The SMILES string of the molecule is Cc1ccc(-c2nc3ccccc3n2CC(=O)Nc2ccc(Cl)cc2)cc1.O=C(Cc1ccc(Br)cc1Br)Cn1c(-c2cscn2)nc2ccccc21.O=C(Cc1ccc(Cl)cc1Cl)Cn1c(-c2cscn2)nc2ccccc21.O=C(Cn1c(-c2cscn2)nc2ccccc21)Nc1ccc(Cl)c2ccccc12.O=C(Cn1c(C2=CCC=N2)nc2ccccc21)NN=Cc1ccc(Cl)cc1. The highest BCUT2D eigenvalue weighted by Gasteiger charge is 2.24. The number of para-hydroxylation sites is 10. The second-order valence-electron chi connectivity index (χ2n) is 30.7. The van der Waals surface area contributed by atoms with Gasteiger partial charge in [-0.1, -0.05) is 229 Å². The van der Waals surface area contributed by atoms with Gasteiger partial charge in [-0.2, -0.15) is 5.10 Å². The van der Waals surface area contributed by atoms with Crippen molar-refractivity contribution in [2.24, 2.45) is 10.1 Å². The van der Waals surface area contributed by atoms with Crippen LogP contribution in [0.25, 0.3) is 118 Å². The monoisotopic (exact) mass is 2060 g/mol. The Labute approximate surface area is 826 Å². The normalized spacial score (nSPS) is 11.6. The summed E-state index contributed by atoms with van der Waals surface area (Å²) in [6, 6.07) is 83.8. The number of carbonyl (C=O) groups excluding carboxylic acids is 5. The zero-order valence-corrected chi connectivity index (χ0v) is 80.8. The van der Waals surface area contributed by atoms with Crippen LogP contribution in [0.5, 0.6) is 0 Å². The highest BCUT2D eigenvalue weighted by atomic mass is 79.9. The van der Waals surface area contributed by atoms with Crippen LogP contribution >= 0.6 is 124 Å².